The van der Waals surface area contributed by atoms with Crippen molar-refractivity contribution in [3.8, 4) is 0 Å². The van der Waals surface area contributed by atoms with E-state index in [1.165, 1.54) is 76.8 Å². The molecule has 6 rings (SSSR count). The van der Waals surface area contributed by atoms with Gasteiger partial charge in [-0.15, -0.1) is 46.7 Å². The van der Waals surface area contributed by atoms with Gasteiger partial charge >= 0.3 is 151 Å². The third kappa shape index (κ3) is 10.0. The molecule has 0 aromatic heterocycles. The van der Waals surface area contributed by atoms with Gasteiger partial charge in [0.1, 0.15) is 0 Å². The van der Waals surface area contributed by atoms with Crippen LogP contribution in [0.3, 0.4) is 0 Å². The van der Waals surface area contributed by atoms with E-state index < -0.39 is 0 Å². The number of halogens is 2. The molecule has 5 aromatic carbocycles. The van der Waals surface area contributed by atoms with Crippen LogP contribution >= 0.6 is 0 Å². The molecule has 0 N–H and O–H groups in total. The Balaban J connectivity index is 0.000000258. The Labute approximate surface area is 293 Å². The van der Waals surface area contributed by atoms with E-state index in [1.54, 1.807) is 0 Å². The number of hydrogen-bond donors (Lipinski definition) is 0. The third-order valence-corrected chi connectivity index (χ3v) is 9.11. The average Bonchev–Trinajstić information content (AvgIpc) is 3.54. The summed E-state index contributed by atoms with van der Waals surface area (Å²) in [7, 11) is 0. The molecular formula is C41H44Cl2Zr-2. The monoisotopic (exact) mass is 696 g/mol. The zero-order valence-electron chi connectivity index (χ0n) is 27.3. The van der Waals surface area contributed by atoms with Gasteiger partial charge in [0.25, 0.3) is 0 Å². The van der Waals surface area contributed by atoms with Gasteiger partial charge < -0.3 is 24.8 Å². The van der Waals surface area contributed by atoms with Crippen LogP contribution in [0.2, 0.25) is 0 Å². The molecule has 0 heterocycles. The van der Waals surface area contributed by atoms with Crippen LogP contribution in [-0.2, 0) is 35.1 Å². The number of allylic oxidation sites excluding steroid dienone is 4. The van der Waals surface area contributed by atoms with Gasteiger partial charge in [0.2, 0.25) is 0 Å². The Morgan fingerprint density at radius 3 is 1.32 bits per heavy atom. The first kappa shape index (κ1) is 37.7. The largest absolute Gasteiger partial charge is 1.00 e. The van der Waals surface area contributed by atoms with Crippen LogP contribution in [0.5, 0.6) is 0 Å². The molecule has 0 nitrogen and oxygen atoms in total. The molecule has 0 saturated heterocycles. The van der Waals surface area contributed by atoms with Gasteiger partial charge in [-0.2, -0.15) is 6.08 Å². The molecule has 44 heavy (non-hydrogen) atoms. The van der Waals surface area contributed by atoms with E-state index in [1.807, 2.05) is 6.08 Å². The zero-order chi connectivity index (χ0) is 30.5. The fourth-order valence-corrected chi connectivity index (χ4v) is 5.92. The van der Waals surface area contributed by atoms with Crippen molar-refractivity contribution in [1.29, 1.82) is 0 Å². The van der Waals surface area contributed by atoms with Crippen LogP contribution in [0.15, 0.2) is 121 Å². The summed E-state index contributed by atoms with van der Waals surface area (Å²) in [5.41, 5.74) is 7.24. The molecule has 1 aliphatic rings. The topological polar surface area (TPSA) is 0 Å². The first-order chi connectivity index (χ1) is 19.8. The number of fused-ring (bicyclic) bond motifs is 3. The zero-order valence-corrected chi connectivity index (χ0v) is 31.3. The molecule has 0 saturated carbocycles. The van der Waals surface area contributed by atoms with Gasteiger partial charge in [0, 0.05) is 0 Å². The third-order valence-electron chi connectivity index (χ3n) is 7.69. The quantitative estimate of drug-likeness (QED) is 0.227. The second-order valence-corrected chi connectivity index (χ2v) is 14.6. The molecule has 5 aromatic rings. The molecule has 0 bridgehead atoms. The summed E-state index contributed by atoms with van der Waals surface area (Å²) in [5, 5.41) is 5.39. The molecule has 0 amide bonds. The van der Waals surface area contributed by atoms with Gasteiger partial charge in [-0.25, -0.2) is 11.6 Å². The Morgan fingerprint density at radius 1 is 0.636 bits per heavy atom. The van der Waals surface area contributed by atoms with E-state index in [0.717, 1.165) is 0 Å². The van der Waals surface area contributed by atoms with Crippen molar-refractivity contribution in [3.05, 3.63) is 149 Å². The van der Waals surface area contributed by atoms with Crippen LogP contribution in [0, 0.1) is 12.0 Å². The Bertz CT molecular complexity index is 1590. The number of hydrogen-bond acceptors (Lipinski definition) is 0. The van der Waals surface area contributed by atoms with Crippen molar-refractivity contribution in [2.75, 3.05) is 0 Å². The fraction of sp³-hybridized carbons (Fsp3) is 0.268. The van der Waals surface area contributed by atoms with Gasteiger partial charge in [-0.05, 0) is 0 Å². The van der Waals surface area contributed by atoms with Crippen LogP contribution in [0.1, 0.15) is 77.6 Å². The van der Waals surface area contributed by atoms with Gasteiger partial charge in [0.15, 0.2) is 0 Å². The molecule has 0 spiro atoms. The SMILES string of the molecule is CC(C)(C)c1ccc([C](=[Zr+2])c2ccc(C(C)(C)C)cc2)cc1.CC1=CC(C)[C-]=C1.[Cl-].[Cl-].c1ccc2c(c1)[cH-]c1ccccc12. The van der Waals surface area contributed by atoms with E-state index in [4.69, 9.17) is 0 Å². The van der Waals surface area contributed by atoms with Crippen molar-refractivity contribution in [2.45, 2.75) is 66.2 Å². The molecule has 1 unspecified atom stereocenters. The number of rotatable bonds is 2. The molecule has 0 aliphatic heterocycles. The summed E-state index contributed by atoms with van der Waals surface area (Å²) in [6, 6.07) is 37.4. The maximum Gasteiger partial charge on any atom is -0.0733 e. The molecular weight excluding hydrogens is 655 g/mol. The van der Waals surface area contributed by atoms with Crippen LogP contribution < -0.4 is 24.8 Å². The minimum absolute atomic E-state index is 0. The van der Waals surface area contributed by atoms with E-state index >= 15 is 0 Å². The van der Waals surface area contributed by atoms with E-state index in [2.05, 4.69) is 171 Å². The minimum Gasteiger partial charge on any atom is -1.00 e. The van der Waals surface area contributed by atoms with E-state index in [9.17, 15) is 0 Å². The first-order valence-corrected chi connectivity index (χ1v) is 16.2. The van der Waals surface area contributed by atoms with Gasteiger partial charge in [0.05, 0.1) is 0 Å². The Kier molecular flexibility index (Phi) is 13.9. The maximum absolute atomic E-state index is 3.15. The maximum atomic E-state index is 3.15. The van der Waals surface area contributed by atoms with E-state index in [0.29, 0.717) is 5.92 Å². The molecule has 228 valence electrons. The van der Waals surface area contributed by atoms with Crippen molar-refractivity contribution in [3.63, 3.8) is 0 Å². The predicted molar refractivity (Wildman–Crippen MR) is 181 cm³/mol. The number of benzene rings is 4. The van der Waals surface area contributed by atoms with Gasteiger partial charge in [-0.3, -0.25) is 6.08 Å². The second kappa shape index (κ2) is 16.2. The smallest absolute Gasteiger partial charge is 0.0733 e. The van der Waals surface area contributed by atoms with Crippen molar-refractivity contribution in [2.24, 2.45) is 5.92 Å². The van der Waals surface area contributed by atoms with E-state index in [-0.39, 0.29) is 35.6 Å². The molecule has 0 radical (unpaired) electrons. The molecule has 1 aliphatic carbocycles. The average molecular weight is 699 g/mol. The van der Waals surface area contributed by atoms with Crippen LogP contribution in [0.25, 0.3) is 21.5 Å². The first-order valence-electron chi connectivity index (χ1n) is 14.9. The Hall–Kier alpha value is -2.44. The Morgan fingerprint density at radius 2 is 1.02 bits per heavy atom. The summed E-state index contributed by atoms with van der Waals surface area (Å²) < 4.78 is 1.42. The summed E-state index contributed by atoms with van der Waals surface area (Å²) in [4.78, 5) is 0. The van der Waals surface area contributed by atoms with Gasteiger partial charge in [-0.1, -0.05) is 49.2 Å². The van der Waals surface area contributed by atoms with Crippen LogP contribution in [0.4, 0.5) is 0 Å². The summed E-state index contributed by atoms with van der Waals surface area (Å²) >= 11 is 1.46. The molecule has 0 fully saturated rings. The van der Waals surface area contributed by atoms with Crippen molar-refractivity contribution >= 4 is 24.8 Å². The summed E-state index contributed by atoms with van der Waals surface area (Å²) in [6.45, 7) is 17.8. The van der Waals surface area contributed by atoms with Crippen LogP contribution in [-0.4, -0.2) is 3.21 Å². The molecule has 3 heteroatoms. The predicted octanol–water partition coefficient (Wildman–Crippen LogP) is 5.06. The second-order valence-electron chi connectivity index (χ2n) is 13.4. The normalized spacial score (nSPS) is 14.0. The summed E-state index contributed by atoms with van der Waals surface area (Å²) in [6.07, 6.45) is 7.38. The molecule has 1 atom stereocenters. The standard InChI is InChI=1S/C21H26.C13H9.C7H9.2ClH.Zr/c1-20(2,3)18-11-7-16(8-12-18)15-17-9-13-19(14-10-17)21(4,5)6;1-3-7-12-10(5-1)9-11-6-2-4-8-13(11)12;1-6-3-4-7(2)5-6;;;/h7-14H,1-6H3;1-9H;3,5,7H,1-2H3;2*1H;/q;2*-1;;;+2/p-2. The van der Waals surface area contributed by atoms with Crippen molar-refractivity contribution < 1.29 is 49.0 Å². The fourth-order valence-electron chi connectivity index (χ4n) is 5.10. The van der Waals surface area contributed by atoms with Crippen molar-refractivity contribution in [1.82, 2.24) is 0 Å². The summed E-state index contributed by atoms with van der Waals surface area (Å²) in [5.74, 6) is 0.556. The minimum atomic E-state index is 0.